The third-order valence-corrected chi connectivity index (χ3v) is 5.40. The fourth-order valence-electron chi connectivity index (χ4n) is 3.91. The smallest absolute Gasteiger partial charge is 0.120 e. The Morgan fingerprint density at radius 2 is 1.53 bits per heavy atom. The molecule has 0 saturated heterocycles. The number of hydrogen-bond acceptors (Lipinski definition) is 3. The molecule has 1 atom stereocenters. The van der Waals surface area contributed by atoms with Gasteiger partial charge in [-0.1, -0.05) is 78.9 Å². The van der Waals surface area contributed by atoms with Crippen molar-refractivity contribution < 1.29 is 9.84 Å². The predicted octanol–water partition coefficient (Wildman–Crippen LogP) is 5.09. The molecule has 0 aliphatic heterocycles. The number of rotatable bonds is 9. The number of hydrogen-bond donors (Lipinski definition) is 1. The fraction of sp³-hybridized carbons (Fsp3) is 0.259. The van der Waals surface area contributed by atoms with E-state index in [1.54, 1.807) is 0 Å². The highest BCUT2D eigenvalue weighted by atomic mass is 16.5. The van der Waals surface area contributed by atoms with E-state index in [4.69, 9.17) is 4.74 Å². The summed E-state index contributed by atoms with van der Waals surface area (Å²) in [6, 6.07) is 27.0. The summed E-state index contributed by atoms with van der Waals surface area (Å²) >= 11 is 0. The van der Waals surface area contributed by atoms with Gasteiger partial charge in [-0.05, 0) is 47.2 Å². The van der Waals surface area contributed by atoms with Crippen LogP contribution in [0, 0.1) is 0 Å². The van der Waals surface area contributed by atoms with Crippen molar-refractivity contribution in [3.05, 3.63) is 107 Å². The quantitative estimate of drug-likeness (QED) is 0.544. The summed E-state index contributed by atoms with van der Waals surface area (Å²) in [6.07, 6.45) is 5.98. The lowest BCUT2D eigenvalue weighted by molar-refractivity contribution is 0.0628. The average Bonchev–Trinajstić information content (AvgIpc) is 2.79. The Labute approximate surface area is 179 Å². The van der Waals surface area contributed by atoms with Crippen molar-refractivity contribution in [2.75, 3.05) is 13.2 Å². The third-order valence-electron chi connectivity index (χ3n) is 5.40. The Bertz CT molecular complexity index is 912. The summed E-state index contributed by atoms with van der Waals surface area (Å²) in [4.78, 5) is 2.27. The molecule has 3 heteroatoms. The molecule has 0 fully saturated rings. The largest absolute Gasteiger partial charge is 0.491 e. The molecule has 4 rings (SSSR count). The van der Waals surface area contributed by atoms with Crippen LogP contribution in [0.25, 0.3) is 6.08 Å². The molecular weight excluding hydrogens is 370 g/mol. The molecule has 0 saturated carbocycles. The van der Waals surface area contributed by atoms with Crippen LogP contribution in [0.15, 0.2) is 84.9 Å². The molecule has 3 nitrogen and oxygen atoms in total. The lowest BCUT2D eigenvalue weighted by Gasteiger charge is -2.25. The lowest BCUT2D eigenvalue weighted by Crippen LogP contribution is -2.35. The highest BCUT2D eigenvalue weighted by Crippen LogP contribution is 2.24. The number of nitrogens with zero attached hydrogens (tertiary/aromatic N) is 1. The van der Waals surface area contributed by atoms with Gasteiger partial charge in [0.1, 0.15) is 18.5 Å². The predicted molar refractivity (Wildman–Crippen MR) is 122 cm³/mol. The van der Waals surface area contributed by atoms with Gasteiger partial charge in [-0.25, -0.2) is 0 Å². The van der Waals surface area contributed by atoms with Crippen LogP contribution >= 0.6 is 0 Å². The van der Waals surface area contributed by atoms with E-state index in [1.807, 2.05) is 18.2 Å². The van der Waals surface area contributed by atoms with Crippen LogP contribution in [-0.2, 0) is 19.5 Å². The minimum Gasteiger partial charge on any atom is -0.491 e. The van der Waals surface area contributed by atoms with Crippen LogP contribution in [0.1, 0.15) is 28.7 Å². The van der Waals surface area contributed by atoms with E-state index in [2.05, 4.69) is 77.7 Å². The van der Waals surface area contributed by atoms with Gasteiger partial charge in [-0.2, -0.15) is 0 Å². The Morgan fingerprint density at radius 3 is 2.20 bits per heavy atom. The van der Waals surface area contributed by atoms with Gasteiger partial charge in [0.2, 0.25) is 0 Å². The summed E-state index contributed by atoms with van der Waals surface area (Å²) in [5.74, 6) is 0.817. The number of aliphatic hydroxyl groups excluding tert-OH is 1. The maximum Gasteiger partial charge on any atom is 0.120 e. The average molecular weight is 400 g/mol. The van der Waals surface area contributed by atoms with E-state index in [1.165, 1.54) is 22.3 Å². The van der Waals surface area contributed by atoms with Gasteiger partial charge >= 0.3 is 0 Å². The SMILES string of the molecule is OC(COc1ccc2c(c1)C=CCC2)CN(Cc1ccccc1)Cc1ccccc1. The van der Waals surface area contributed by atoms with Crippen molar-refractivity contribution in [1.29, 1.82) is 0 Å². The summed E-state index contributed by atoms with van der Waals surface area (Å²) in [5, 5.41) is 10.7. The second-order valence-corrected chi connectivity index (χ2v) is 7.91. The summed E-state index contributed by atoms with van der Waals surface area (Å²) < 4.78 is 5.92. The zero-order valence-electron chi connectivity index (χ0n) is 17.3. The van der Waals surface area contributed by atoms with E-state index < -0.39 is 6.10 Å². The Balaban J connectivity index is 1.37. The van der Waals surface area contributed by atoms with Gasteiger partial charge < -0.3 is 9.84 Å². The zero-order valence-corrected chi connectivity index (χ0v) is 17.3. The number of aryl methyl sites for hydroxylation is 1. The molecule has 3 aromatic rings. The maximum atomic E-state index is 10.7. The van der Waals surface area contributed by atoms with Crippen molar-refractivity contribution >= 4 is 6.08 Å². The molecule has 1 aliphatic carbocycles. The standard InChI is InChI=1S/C27H29NO2/c29-26(21-30-27-16-15-24-13-7-8-14-25(24)17-27)20-28(18-22-9-3-1-4-10-22)19-23-11-5-2-6-12-23/h1-6,8-12,14-17,26,29H,7,13,18-21H2. The van der Waals surface area contributed by atoms with Gasteiger partial charge in [0, 0.05) is 19.6 Å². The number of benzene rings is 3. The molecule has 0 bridgehead atoms. The first-order chi connectivity index (χ1) is 14.8. The van der Waals surface area contributed by atoms with Gasteiger partial charge in [-0.3, -0.25) is 4.90 Å². The minimum atomic E-state index is -0.566. The molecule has 0 spiro atoms. The fourth-order valence-corrected chi connectivity index (χ4v) is 3.91. The molecule has 1 aliphatic rings. The van der Waals surface area contributed by atoms with E-state index in [0.717, 1.165) is 31.7 Å². The van der Waals surface area contributed by atoms with Gasteiger partial charge in [0.25, 0.3) is 0 Å². The lowest BCUT2D eigenvalue weighted by atomic mass is 9.97. The molecule has 0 heterocycles. The van der Waals surface area contributed by atoms with E-state index >= 15 is 0 Å². The topological polar surface area (TPSA) is 32.7 Å². The van der Waals surface area contributed by atoms with Crippen molar-refractivity contribution in [2.45, 2.75) is 32.0 Å². The second-order valence-electron chi connectivity index (χ2n) is 7.91. The molecule has 1 unspecified atom stereocenters. The van der Waals surface area contributed by atoms with Gasteiger partial charge in [-0.15, -0.1) is 0 Å². The zero-order chi connectivity index (χ0) is 20.6. The molecule has 0 amide bonds. The van der Waals surface area contributed by atoms with Crippen LogP contribution in [0.3, 0.4) is 0 Å². The first-order valence-electron chi connectivity index (χ1n) is 10.7. The molecule has 3 aromatic carbocycles. The third kappa shape index (κ3) is 5.82. The van der Waals surface area contributed by atoms with Crippen molar-refractivity contribution in [3.63, 3.8) is 0 Å². The monoisotopic (exact) mass is 399 g/mol. The normalized spacial score (nSPS) is 13.8. The first kappa shape index (κ1) is 20.4. The van der Waals surface area contributed by atoms with Crippen LogP contribution < -0.4 is 4.74 Å². The number of ether oxygens (including phenoxy) is 1. The van der Waals surface area contributed by atoms with Crippen LogP contribution in [-0.4, -0.2) is 29.3 Å². The summed E-state index contributed by atoms with van der Waals surface area (Å²) in [5.41, 5.74) is 5.07. The minimum absolute atomic E-state index is 0.280. The van der Waals surface area contributed by atoms with Crippen molar-refractivity contribution in [2.24, 2.45) is 0 Å². The first-order valence-corrected chi connectivity index (χ1v) is 10.7. The highest BCUT2D eigenvalue weighted by Gasteiger charge is 2.14. The summed E-state index contributed by atoms with van der Waals surface area (Å²) in [7, 11) is 0. The van der Waals surface area contributed by atoms with E-state index in [-0.39, 0.29) is 6.61 Å². The van der Waals surface area contributed by atoms with E-state index in [0.29, 0.717) is 6.54 Å². The number of allylic oxidation sites excluding steroid dienone is 1. The second kappa shape index (κ2) is 10.2. The highest BCUT2D eigenvalue weighted by molar-refractivity contribution is 5.58. The molecule has 0 radical (unpaired) electrons. The molecule has 30 heavy (non-hydrogen) atoms. The maximum absolute atomic E-state index is 10.7. The van der Waals surface area contributed by atoms with Crippen molar-refractivity contribution in [1.82, 2.24) is 4.90 Å². The van der Waals surface area contributed by atoms with Crippen LogP contribution in [0.4, 0.5) is 0 Å². The Hall–Kier alpha value is -2.88. The molecular formula is C27H29NO2. The van der Waals surface area contributed by atoms with E-state index in [9.17, 15) is 5.11 Å². The van der Waals surface area contributed by atoms with Gasteiger partial charge in [0.15, 0.2) is 0 Å². The van der Waals surface area contributed by atoms with Crippen LogP contribution in [0.5, 0.6) is 5.75 Å². The van der Waals surface area contributed by atoms with Gasteiger partial charge in [0.05, 0.1) is 0 Å². The Morgan fingerprint density at radius 1 is 0.867 bits per heavy atom. The Kier molecular flexibility index (Phi) is 6.96. The molecule has 0 aromatic heterocycles. The summed E-state index contributed by atoms with van der Waals surface area (Å²) in [6.45, 7) is 2.41. The molecule has 154 valence electrons. The van der Waals surface area contributed by atoms with Crippen LogP contribution in [0.2, 0.25) is 0 Å². The molecule has 1 N–H and O–H groups in total. The number of aliphatic hydroxyl groups is 1. The number of fused-ring (bicyclic) bond motifs is 1. The van der Waals surface area contributed by atoms with Crippen molar-refractivity contribution in [3.8, 4) is 5.75 Å².